The number of hydrogen-bond donors (Lipinski definition) is 1. The smallest absolute Gasteiger partial charge is 0.0225 e. The maximum atomic E-state index is 6.85. The predicted octanol–water partition coefficient (Wildman–Crippen LogP) is 3.65. The molecule has 2 nitrogen and oxygen atoms in total. The van der Waals surface area contributed by atoms with Crippen LogP contribution in [0.15, 0.2) is 0 Å². The van der Waals surface area contributed by atoms with E-state index < -0.39 is 0 Å². The van der Waals surface area contributed by atoms with E-state index >= 15 is 0 Å². The van der Waals surface area contributed by atoms with Crippen LogP contribution in [-0.4, -0.2) is 30.6 Å². The van der Waals surface area contributed by atoms with Gasteiger partial charge < -0.3 is 10.6 Å². The van der Waals surface area contributed by atoms with E-state index in [9.17, 15) is 0 Å². The van der Waals surface area contributed by atoms with E-state index in [4.69, 9.17) is 5.73 Å². The van der Waals surface area contributed by atoms with E-state index in [1.54, 1.807) is 0 Å². The Morgan fingerprint density at radius 3 is 2.24 bits per heavy atom. The minimum absolute atomic E-state index is 0.444. The van der Waals surface area contributed by atoms with Crippen molar-refractivity contribution in [3.05, 3.63) is 0 Å². The van der Waals surface area contributed by atoms with Crippen molar-refractivity contribution in [2.24, 2.45) is 34.8 Å². The van der Waals surface area contributed by atoms with Crippen LogP contribution in [0.4, 0.5) is 0 Å². The van der Waals surface area contributed by atoms with Gasteiger partial charge in [0.1, 0.15) is 0 Å². The first-order valence-corrected chi connectivity index (χ1v) is 9.61. The Hall–Kier alpha value is -0.0800. The first kappa shape index (κ1) is 14.5. The van der Waals surface area contributed by atoms with Gasteiger partial charge in [0.2, 0.25) is 0 Å². The SMILES string of the molecule is CC1CCCN(CC(N)C23CC4CC(CC(C4)C2)C3)CC1. The summed E-state index contributed by atoms with van der Waals surface area (Å²) in [5.41, 5.74) is 7.38. The van der Waals surface area contributed by atoms with Crippen LogP contribution in [0.2, 0.25) is 0 Å². The van der Waals surface area contributed by atoms with Gasteiger partial charge in [-0.15, -0.1) is 0 Å². The average Bonchev–Trinajstić information content (AvgIpc) is 2.62. The molecule has 0 amide bonds. The van der Waals surface area contributed by atoms with E-state index in [1.165, 1.54) is 77.4 Å². The summed E-state index contributed by atoms with van der Waals surface area (Å²) in [7, 11) is 0. The van der Waals surface area contributed by atoms with Gasteiger partial charge in [0.25, 0.3) is 0 Å². The Labute approximate surface area is 130 Å². The third-order valence-electron chi connectivity index (χ3n) is 7.44. The Kier molecular flexibility index (Phi) is 3.82. The van der Waals surface area contributed by atoms with Crippen molar-refractivity contribution in [2.75, 3.05) is 19.6 Å². The Balaban J connectivity index is 1.41. The van der Waals surface area contributed by atoms with Crippen molar-refractivity contribution in [1.82, 2.24) is 4.90 Å². The first-order valence-electron chi connectivity index (χ1n) is 9.61. The van der Waals surface area contributed by atoms with Crippen molar-refractivity contribution < 1.29 is 0 Å². The zero-order valence-corrected chi connectivity index (χ0v) is 13.9. The topological polar surface area (TPSA) is 29.3 Å². The molecule has 0 spiro atoms. The fourth-order valence-corrected chi connectivity index (χ4v) is 6.61. The highest BCUT2D eigenvalue weighted by molar-refractivity contribution is 5.06. The van der Waals surface area contributed by atoms with Crippen LogP contribution in [0.3, 0.4) is 0 Å². The standard InChI is InChI=1S/C19H34N2/c1-14-3-2-5-21(6-4-14)13-18(20)19-10-15-7-16(11-19)9-17(8-15)12-19/h14-18H,2-13,20H2,1H3. The molecule has 1 saturated heterocycles. The number of rotatable bonds is 3. The molecule has 2 N–H and O–H groups in total. The largest absolute Gasteiger partial charge is 0.326 e. The van der Waals surface area contributed by atoms with Crippen molar-refractivity contribution in [3.63, 3.8) is 0 Å². The Bertz CT molecular complexity index is 342. The molecule has 120 valence electrons. The van der Waals surface area contributed by atoms with Gasteiger partial charge in [0.15, 0.2) is 0 Å². The van der Waals surface area contributed by atoms with Gasteiger partial charge in [-0.2, -0.15) is 0 Å². The van der Waals surface area contributed by atoms with Crippen molar-refractivity contribution in [3.8, 4) is 0 Å². The monoisotopic (exact) mass is 290 g/mol. The van der Waals surface area contributed by atoms with Gasteiger partial charge in [-0.25, -0.2) is 0 Å². The molecule has 21 heavy (non-hydrogen) atoms. The fraction of sp³-hybridized carbons (Fsp3) is 1.00. The van der Waals surface area contributed by atoms with E-state index in [0.717, 1.165) is 23.7 Å². The molecule has 0 aromatic heterocycles. The summed E-state index contributed by atoms with van der Waals surface area (Å²) in [6, 6.07) is 0.444. The fourth-order valence-electron chi connectivity index (χ4n) is 6.61. The van der Waals surface area contributed by atoms with E-state index in [2.05, 4.69) is 11.8 Å². The lowest BCUT2D eigenvalue weighted by atomic mass is 9.48. The Morgan fingerprint density at radius 2 is 1.62 bits per heavy atom. The molecule has 2 unspecified atom stereocenters. The summed E-state index contributed by atoms with van der Waals surface area (Å²) >= 11 is 0. The number of hydrogen-bond acceptors (Lipinski definition) is 2. The van der Waals surface area contributed by atoms with Gasteiger partial charge >= 0.3 is 0 Å². The second-order valence-electron chi connectivity index (χ2n) is 9.22. The van der Waals surface area contributed by atoms with Crippen molar-refractivity contribution >= 4 is 0 Å². The number of nitrogens with two attached hydrogens (primary N) is 1. The molecule has 2 heteroatoms. The summed E-state index contributed by atoms with van der Waals surface area (Å²) in [5.74, 6) is 4.02. The van der Waals surface area contributed by atoms with Gasteiger partial charge in [0, 0.05) is 12.6 Å². The summed E-state index contributed by atoms with van der Waals surface area (Å²) in [4.78, 5) is 2.70. The molecule has 1 heterocycles. The van der Waals surface area contributed by atoms with Crippen LogP contribution in [0.25, 0.3) is 0 Å². The molecule has 0 aromatic rings. The second kappa shape index (κ2) is 5.53. The van der Waals surface area contributed by atoms with Gasteiger partial charge in [-0.3, -0.25) is 0 Å². The van der Waals surface area contributed by atoms with Gasteiger partial charge in [-0.05, 0) is 100.0 Å². The number of likely N-dealkylation sites (tertiary alicyclic amines) is 1. The zero-order valence-electron chi connectivity index (χ0n) is 13.9. The summed E-state index contributed by atoms with van der Waals surface area (Å²) in [6.07, 6.45) is 13.2. The molecule has 5 rings (SSSR count). The molecular weight excluding hydrogens is 256 g/mol. The highest BCUT2D eigenvalue weighted by Gasteiger charge is 2.53. The normalized spacial score (nSPS) is 48.3. The average molecular weight is 290 g/mol. The highest BCUT2D eigenvalue weighted by atomic mass is 15.1. The summed E-state index contributed by atoms with van der Waals surface area (Å²) in [6.45, 7) is 6.19. The molecule has 4 bridgehead atoms. The van der Waals surface area contributed by atoms with Crippen molar-refractivity contribution in [1.29, 1.82) is 0 Å². The lowest BCUT2D eigenvalue weighted by Crippen LogP contribution is -2.57. The number of nitrogens with zero attached hydrogens (tertiary/aromatic N) is 1. The molecule has 5 aliphatic rings. The van der Waals surface area contributed by atoms with Crippen LogP contribution >= 0.6 is 0 Å². The highest BCUT2D eigenvalue weighted by Crippen LogP contribution is 2.61. The van der Waals surface area contributed by atoms with Crippen LogP contribution in [0.1, 0.15) is 64.7 Å². The van der Waals surface area contributed by atoms with Crippen molar-refractivity contribution in [2.45, 2.75) is 70.8 Å². The molecule has 4 saturated carbocycles. The van der Waals surface area contributed by atoms with E-state index in [0.29, 0.717) is 11.5 Å². The minimum Gasteiger partial charge on any atom is -0.326 e. The first-order chi connectivity index (χ1) is 10.1. The molecular formula is C19H34N2. The zero-order chi connectivity index (χ0) is 14.4. The second-order valence-corrected chi connectivity index (χ2v) is 9.22. The molecule has 2 atom stereocenters. The maximum Gasteiger partial charge on any atom is 0.0225 e. The van der Waals surface area contributed by atoms with Gasteiger partial charge in [-0.1, -0.05) is 6.92 Å². The molecule has 5 fully saturated rings. The predicted molar refractivity (Wildman–Crippen MR) is 88.0 cm³/mol. The minimum atomic E-state index is 0.444. The molecule has 0 aromatic carbocycles. The van der Waals surface area contributed by atoms with Gasteiger partial charge in [0.05, 0.1) is 0 Å². The van der Waals surface area contributed by atoms with E-state index in [-0.39, 0.29) is 0 Å². The molecule has 1 aliphatic heterocycles. The lowest BCUT2D eigenvalue weighted by Gasteiger charge is -2.59. The quantitative estimate of drug-likeness (QED) is 0.859. The maximum absolute atomic E-state index is 6.85. The lowest BCUT2D eigenvalue weighted by molar-refractivity contribution is -0.0713. The summed E-state index contributed by atoms with van der Waals surface area (Å²) in [5, 5.41) is 0. The third-order valence-corrected chi connectivity index (χ3v) is 7.44. The van der Waals surface area contributed by atoms with Crippen LogP contribution in [0, 0.1) is 29.1 Å². The van der Waals surface area contributed by atoms with E-state index in [1.807, 2.05) is 0 Å². The van der Waals surface area contributed by atoms with Crippen LogP contribution in [0.5, 0.6) is 0 Å². The Morgan fingerprint density at radius 1 is 1.00 bits per heavy atom. The molecule has 4 aliphatic carbocycles. The summed E-state index contributed by atoms with van der Waals surface area (Å²) < 4.78 is 0. The molecule has 0 radical (unpaired) electrons. The third kappa shape index (κ3) is 2.79. The van der Waals surface area contributed by atoms with Crippen LogP contribution in [-0.2, 0) is 0 Å². The van der Waals surface area contributed by atoms with Crippen LogP contribution < -0.4 is 5.73 Å².